The van der Waals surface area contributed by atoms with Crippen LogP contribution in [0.2, 0.25) is 0 Å². The lowest BCUT2D eigenvalue weighted by Gasteiger charge is -2.48. The van der Waals surface area contributed by atoms with Crippen molar-refractivity contribution in [2.45, 2.75) is 42.8 Å². The van der Waals surface area contributed by atoms with E-state index in [0.717, 1.165) is 39.1 Å². The van der Waals surface area contributed by atoms with Gasteiger partial charge in [0.2, 0.25) is 5.91 Å². The quantitative estimate of drug-likeness (QED) is 0.658. The number of carbonyl (C=O) groups excluding carboxylic acids is 1. The average molecular weight is 448 g/mol. The van der Waals surface area contributed by atoms with Crippen LogP contribution in [0.1, 0.15) is 32.1 Å². The number of hydrogen-bond acceptors (Lipinski definition) is 6. The van der Waals surface area contributed by atoms with Crippen LogP contribution in [0.5, 0.6) is 0 Å². The van der Waals surface area contributed by atoms with Gasteiger partial charge in [-0.2, -0.15) is 0 Å². The predicted octanol–water partition coefficient (Wildman–Crippen LogP) is 2.86. The molecule has 1 aliphatic carbocycles. The molecular formula is C22H30FN5O2S. The number of ether oxygens (including phenoxy) is 1. The molecule has 1 saturated carbocycles. The molecule has 9 heteroatoms. The molecule has 0 spiro atoms. The molecule has 1 aliphatic heterocycles. The number of amides is 1. The third-order valence-corrected chi connectivity index (χ3v) is 7.38. The largest absolute Gasteiger partial charge is 0.379 e. The maximum Gasteiger partial charge on any atom is 0.230 e. The Morgan fingerprint density at radius 3 is 2.68 bits per heavy atom. The average Bonchev–Trinajstić information content (AvgIpc) is 3.18. The Hall–Kier alpha value is -1.97. The van der Waals surface area contributed by atoms with Gasteiger partial charge in [0, 0.05) is 32.2 Å². The van der Waals surface area contributed by atoms with Crippen LogP contribution < -0.4 is 5.32 Å². The third-order valence-electron chi connectivity index (χ3n) is 6.36. The van der Waals surface area contributed by atoms with Gasteiger partial charge in [0.05, 0.1) is 24.5 Å². The lowest BCUT2D eigenvalue weighted by molar-refractivity contribution is -0.119. The third kappa shape index (κ3) is 5.10. The number of aromatic nitrogens is 3. The molecule has 2 heterocycles. The molecule has 7 nitrogen and oxygen atoms in total. The van der Waals surface area contributed by atoms with Crippen molar-refractivity contribution in [2.75, 3.05) is 38.6 Å². The van der Waals surface area contributed by atoms with Crippen LogP contribution in [0, 0.1) is 5.82 Å². The van der Waals surface area contributed by atoms with Crippen molar-refractivity contribution >= 4 is 17.7 Å². The fraction of sp³-hybridized carbons (Fsp3) is 0.591. The van der Waals surface area contributed by atoms with Crippen LogP contribution in [0.4, 0.5) is 4.39 Å². The molecule has 31 heavy (non-hydrogen) atoms. The van der Waals surface area contributed by atoms with Crippen LogP contribution >= 0.6 is 11.8 Å². The van der Waals surface area contributed by atoms with E-state index in [1.807, 2.05) is 0 Å². The van der Waals surface area contributed by atoms with Crippen LogP contribution in [0.3, 0.4) is 0 Å². The van der Waals surface area contributed by atoms with Gasteiger partial charge >= 0.3 is 0 Å². The van der Waals surface area contributed by atoms with E-state index < -0.39 is 0 Å². The minimum atomic E-state index is -0.340. The van der Waals surface area contributed by atoms with Crippen molar-refractivity contribution in [1.82, 2.24) is 25.0 Å². The molecule has 2 aromatic rings. The van der Waals surface area contributed by atoms with Crippen LogP contribution in [-0.4, -0.2) is 69.7 Å². The first-order chi connectivity index (χ1) is 15.1. The number of halogens is 1. The number of nitrogens with zero attached hydrogens (tertiary/aromatic N) is 4. The molecule has 0 unspecified atom stereocenters. The fourth-order valence-electron chi connectivity index (χ4n) is 4.61. The number of rotatable bonds is 7. The first kappa shape index (κ1) is 22.2. The van der Waals surface area contributed by atoms with Gasteiger partial charge in [-0.05, 0) is 25.0 Å². The zero-order valence-electron chi connectivity index (χ0n) is 18.0. The minimum Gasteiger partial charge on any atom is -0.379 e. The predicted molar refractivity (Wildman–Crippen MR) is 118 cm³/mol. The summed E-state index contributed by atoms with van der Waals surface area (Å²) in [6.45, 7) is 4.07. The number of morpholine rings is 1. The first-order valence-electron chi connectivity index (χ1n) is 11.0. The SMILES string of the molecule is Cn1c(SCC(=O)NCC2(N3CCOCC3)CCCCC2)nnc1-c1ccccc1F. The molecule has 1 aromatic carbocycles. The Morgan fingerprint density at radius 2 is 1.94 bits per heavy atom. The van der Waals surface area contributed by atoms with E-state index >= 15 is 0 Å². The molecule has 1 saturated heterocycles. The maximum atomic E-state index is 14.1. The number of thioether (sulfide) groups is 1. The number of carbonyl (C=O) groups is 1. The molecule has 0 radical (unpaired) electrons. The van der Waals surface area contributed by atoms with Gasteiger partial charge in [-0.25, -0.2) is 4.39 Å². The highest BCUT2D eigenvalue weighted by atomic mass is 32.2. The molecule has 1 aromatic heterocycles. The molecule has 1 N–H and O–H groups in total. The van der Waals surface area contributed by atoms with E-state index in [-0.39, 0.29) is 23.0 Å². The van der Waals surface area contributed by atoms with Crippen molar-refractivity contribution < 1.29 is 13.9 Å². The second-order valence-electron chi connectivity index (χ2n) is 8.29. The molecule has 0 bridgehead atoms. The number of benzene rings is 1. The first-order valence-corrected chi connectivity index (χ1v) is 11.9. The molecule has 168 valence electrons. The molecular weight excluding hydrogens is 417 g/mol. The Kier molecular flexibility index (Phi) is 7.24. The van der Waals surface area contributed by atoms with Crippen molar-refractivity contribution in [3.05, 3.63) is 30.1 Å². The van der Waals surface area contributed by atoms with Gasteiger partial charge in [-0.15, -0.1) is 10.2 Å². The van der Waals surface area contributed by atoms with E-state index in [4.69, 9.17) is 4.74 Å². The normalized spacial score (nSPS) is 19.3. The van der Waals surface area contributed by atoms with Crippen LogP contribution in [0.15, 0.2) is 29.4 Å². The molecule has 2 aliphatic rings. The highest BCUT2D eigenvalue weighted by Crippen LogP contribution is 2.34. The summed E-state index contributed by atoms with van der Waals surface area (Å²) in [5.74, 6) is 0.351. The molecule has 2 fully saturated rings. The Balaban J connectivity index is 1.34. The molecule has 0 atom stereocenters. The number of hydrogen-bond donors (Lipinski definition) is 1. The summed E-state index contributed by atoms with van der Waals surface area (Å²) < 4.78 is 21.3. The zero-order valence-corrected chi connectivity index (χ0v) is 18.8. The highest BCUT2D eigenvalue weighted by Gasteiger charge is 2.38. The number of nitrogens with one attached hydrogen (secondary N) is 1. The fourth-order valence-corrected chi connectivity index (χ4v) is 5.36. The van der Waals surface area contributed by atoms with Gasteiger partial charge in [0.25, 0.3) is 0 Å². The van der Waals surface area contributed by atoms with E-state index in [1.54, 1.807) is 29.8 Å². The second-order valence-corrected chi connectivity index (χ2v) is 9.24. The van der Waals surface area contributed by atoms with Gasteiger partial charge in [-0.1, -0.05) is 43.2 Å². The maximum absolute atomic E-state index is 14.1. The summed E-state index contributed by atoms with van der Waals surface area (Å²) in [5.41, 5.74) is 0.448. The summed E-state index contributed by atoms with van der Waals surface area (Å²) in [5, 5.41) is 12.0. The van der Waals surface area contributed by atoms with Crippen molar-refractivity contribution in [1.29, 1.82) is 0 Å². The van der Waals surface area contributed by atoms with E-state index in [9.17, 15) is 9.18 Å². The smallest absolute Gasteiger partial charge is 0.230 e. The Labute approximate surface area is 186 Å². The summed E-state index contributed by atoms with van der Waals surface area (Å²) in [6.07, 6.45) is 5.93. The van der Waals surface area contributed by atoms with Crippen molar-refractivity contribution in [3.8, 4) is 11.4 Å². The summed E-state index contributed by atoms with van der Waals surface area (Å²) >= 11 is 1.32. The van der Waals surface area contributed by atoms with E-state index in [1.165, 1.54) is 37.1 Å². The van der Waals surface area contributed by atoms with E-state index in [2.05, 4.69) is 20.4 Å². The van der Waals surface area contributed by atoms with Crippen LogP contribution in [-0.2, 0) is 16.6 Å². The minimum absolute atomic E-state index is 0.0151. The summed E-state index contributed by atoms with van der Waals surface area (Å²) in [4.78, 5) is 15.2. The van der Waals surface area contributed by atoms with Gasteiger partial charge in [-0.3, -0.25) is 9.69 Å². The van der Waals surface area contributed by atoms with Gasteiger partial charge in [0.15, 0.2) is 11.0 Å². The highest BCUT2D eigenvalue weighted by molar-refractivity contribution is 7.99. The standard InChI is InChI=1S/C22H30FN5O2S/c1-27-20(17-7-3-4-8-18(17)23)25-26-21(27)31-15-19(29)24-16-22(9-5-2-6-10-22)28-11-13-30-14-12-28/h3-4,7-8H,2,5-6,9-16H2,1H3,(H,24,29). The Morgan fingerprint density at radius 1 is 1.19 bits per heavy atom. The van der Waals surface area contributed by atoms with Gasteiger partial charge in [0.1, 0.15) is 5.82 Å². The van der Waals surface area contributed by atoms with Crippen molar-refractivity contribution in [3.63, 3.8) is 0 Å². The topological polar surface area (TPSA) is 72.3 Å². The van der Waals surface area contributed by atoms with E-state index in [0.29, 0.717) is 23.1 Å². The summed E-state index contributed by atoms with van der Waals surface area (Å²) in [7, 11) is 1.79. The Bertz CT molecular complexity index is 894. The summed E-state index contributed by atoms with van der Waals surface area (Å²) in [6, 6.07) is 6.49. The second kappa shape index (κ2) is 10.1. The van der Waals surface area contributed by atoms with Crippen LogP contribution in [0.25, 0.3) is 11.4 Å². The molecule has 4 rings (SSSR count). The van der Waals surface area contributed by atoms with Crippen molar-refractivity contribution in [2.24, 2.45) is 7.05 Å². The van der Waals surface area contributed by atoms with Gasteiger partial charge < -0.3 is 14.6 Å². The monoisotopic (exact) mass is 447 g/mol. The lowest BCUT2D eigenvalue weighted by Crippen LogP contribution is -2.59. The lowest BCUT2D eigenvalue weighted by atomic mass is 9.79. The zero-order chi connectivity index (χ0) is 21.7. The molecule has 1 amide bonds.